The molecule has 2 N–H and O–H groups in total. The standard InChI is InChI=1S/C21H17ClFNO4S/c22-18-17(16-7-10-14(25)2-1-3-15(10)29-16)13(23)6-11-19(18)24(9-4-5-9)8-12(20(11)26)21(27)28/h6-9,14,25H,1-5H2,(H,27,28). The summed E-state index contributed by atoms with van der Waals surface area (Å²) in [7, 11) is 0. The largest absolute Gasteiger partial charge is 0.477 e. The van der Waals surface area contributed by atoms with Crippen LogP contribution in [-0.4, -0.2) is 20.7 Å². The van der Waals surface area contributed by atoms with Crippen LogP contribution < -0.4 is 5.43 Å². The molecule has 5 rings (SSSR count). The molecule has 1 atom stereocenters. The van der Waals surface area contributed by atoms with E-state index in [1.54, 1.807) is 10.6 Å². The van der Waals surface area contributed by atoms with Gasteiger partial charge in [-0.25, -0.2) is 9.18 Å². The summed E-state index contributed by atoms with van der Waals surface area (Å²) >= 11 is 8.06. The Kier molecular flexibility index (Phi) is 4.31. The van der Waals surface area contributed by atoms with E-state index < -0.39 is 23.3 Å². The molecule has 2 heterocycles. The summed E-state index contributed by atoms with van der Waals surface area (Å²) in [6, 6.07) is 2.93. The number of carbonyl (C=O) groups is 1. The monoisotopic (exact) mass is 433 g/mol. The minimum atomic E-state index is -1.34. The van der Waals surface area contributed by atoms with Gasteiger partial charge in [0.25, 0.3) is 0 Å². The lowest BCUT2D eigenvalue weighted by Gasteiger charge is -2.16. The molecule has 8 heteroatoms. The molecule has 0 bridgehead atoms. The Hall–Kier alpha value is -2.22. The Morgan fingerprint density at radius 1 is 1.28 bits per heavy atom. The number of rotatable bonds is 3. The van der Waals surface area contributed by atoms with E-state index in [-0.39, 0.29) is 27.6 Å². The third-order valence-corrected chi connectivity index (χ3v) is 7.30. The number of aliphatic hydroxyl groups is 1. The van der Waals surface area contributed by atoms with Crippen molar-refractivity contribution in [3.8, 4) is 10.4 Å². The lowest BCUT2D eigenvalue weighted by molar-refractivity contribution is 0.0695. The first-order valence-electron chi connectivity index (χ1n) is 9.48. The molecule has 0 aliphatic heterocycles. The molecule has 2 aromatic heterocycles. The lowest BCUT2D eigenvalue weighted by atomic mass is 9.95. The highest BCUT2D eigenvalue weighted by atomic mass is 35.5. The van der Waals surface area contributed by atoms with E-state index in [9.17, 15) is 19.8 Å². The molecule has 0 amide bonds. The third kappa shape index (κ3) is 2.91. The number of fused-ring (bicyclic) bond motifs is 2. The lowest BCUT2D eigenvalue weighted by Crippen LogP contribution is -2.19. The van der Waals surface area contributed by atoms with Crippen molar-refractivity contribution in [2.75, 3.05) is 0 Å². The molecule has 1 saturated carbocycles. The van der Waals surface area contributed by atoms with Crippen LogP contribution in [-0.2, 0) is 6.42 Å². The van der Waals surface area contributed by atoms with Gasteiger partial charge >= 0.3 is 5.97 Å². The number of hydrogen-bond acceptors (Lipinski definition) is 4. The zero-order chi connectivity index (χ0) is 20.4. The smallest absolute Gasteiger partial charge is 0.341 e. The van der Waals surface area contributed by atoms with Crippen LogP contribution in [0.5, 0.6) is 0 Å². The summed E-state index contributed by atoms with van der Waals surface area (Å²) in [4.78, 5) is 25.8. The summed E-state index contributed by atoms with van der Waals surface area (Å²) in [6.45, 7) is 0. The van der Waals surface area contributed by atoms with E-state index in [4.69, 9.17) is 11.6 Å². The molecule has 29 heavy (non-hydrogen) atoms. The second-order valence-electron chi connectivity index (χ2n) is 7.66. The second-order valence-corrected chi connectivity index (χ2v) is 9.17. The van der Waals surface area contributed by atoms with Gasteiger partial charge in [-0.2, -0.15) is 0 Å². The molecule has 1 fully saturated rings. The predicted molar refractivity (Wildman–Crippen MR) is 110 cm³/mol. The minimum Gasteiger partial charge on any atom is -0.477 e. The Morgan fingerprint density at radius 3 is 2.69 bits per heavy atom. The van der Waals surface area contributed by atoms with Crippen molar-refractivity contribution in [1.29, 1.82) is 0 Å². The number of aromatic nitrogens is 1. The molecule has 1 aromatic carbocycles. The Morgan fingerprint density at radius 2 is 2.03 bits per heavy atom. The molecular formula is C21H17ClFNO4S. The van der Waals surface area contributed by atoms with E-state index in [0.29, 0.717) is 16.8 Å². The number of halogens is 2. The number of aliphatic hydroxyl groups excluding tert-OH is 1. The first kappa shape index (κ1) is 18.8. The molecule has 0 saturated heterocycles. The van der Waals surface area contributed by atoms with Crippen molar-refractivity contribution in [2.24, 2.45) is 0 Å². The van der Waals surface area contributed by atoms with Gasteiger partial charge in [0.1, 0.15) is 11.4 Å². The van der Waals surface area contributed by atoms with Gasteiger partial charge in [0.2, 0.25) is 5.43 Å². The van der Waals surface area contributed by atoms with Crippen molar-refractivity contribution in [2.45, 2.75) is 44.2 Å². The van der Waals surface area contributed by atoms with Crippen LogP contribution in [0.3, 0.4) is 0 Å². The number of aryl methyl sites for hydroxylation is 1. The van der Waals surface area contributed by atoms with Crippen molar-refractivity contribution in [3.05, 3.63) is 55.4 Å². The molecule has 5 nitrogen and oxygen atoms in total. The average molecular weight is 434 g/mol. The number of nitrogens with zero attached hydrogens (tertiary/aromatic N) is 1. The molecule has 150 valence electrons. The van der Waals surface area contributed by atoms with Crippen LogP contribution in [0.2, 0.25) is 5.02 Å². The normalized spacial score (nSPS) is 18.8. The van der Waals surface area contributed by atoms with Gasteiger partial charge < -0.3 is 14.8 Å². The number of thiophene rings is 1. The van der Waals surface area contributed by atoms with Crippen LogP contribution in [0.4, 0.5) is 4.39 Å². The third-order valence-electron chi connectivity index (χ3n) is 5.71. The number of hydrogen-bond donors (Lipinski definition) is 2. The van der Waals surface area contributed by atoms with Gasteiger partial charge in [-0.3, -0.25) is 4.79 Å². The summed E-state index contributed by atoms with van der Waals surface area (Å²) < 4.78 is 16.9. The highest BCUT2D eigenvalue weighted by Crippen LogP contribution is 2.46. The Bertz CT molecular complexity index is 1240. The number of carboxylic acids is 1. The van der Waals surface area contributed by atoms with Gasteiger partial charge in [-0.1, -0.05) is 11.6 Å². The first-order chi connectivity index (χ1) is 13.9. The van der Waals surface area contributed by atoms with Crippen molar-refractivity contribution in [1.82, 2.24) is 4.57 Å². The summed E-state index contributed by atoms with van der Waals surface area (Å²) in [6.07, 6.45) is 4.84. The van der Waals surface area contributed by atoms with E-state index in [1.165, 1.54) is 17.5 Å². The maximum Gasteiger partial charge on any atom is 0.341 e. The van der Waals surface area contributed by atoms with E-state index in [2.05, 4.69) is 0 Å². The Labute approximate surface area is 174 Å². The maximum absolute atomic E-state index is 15.2. The van der Waals surface area contributed by atoms with Crippen LogP contribution in [0.25, 0.3) is 21.3 Å². The molecule has 1 unspecified atom stereocenters. The molecular weight excluding hydrogens is 417 g/mol. The highest BCUT2D eigenvalue weighted by molar-refractivity contribution is 7.15. The fourth-order valence-corrected chi connectivity index (χ4v) is 5.88. The van der Waals surface area contributed by atoms with Crippen LogP contribution in [0.1, 0.15) is 58.6 Å². The average Bonchev–Trinajstić information content (AvgIpc) is 3.42. The van der Waals surface area contributed by atoms with Crippen molar-refractivity contribution < 1.29 is 19.4 Å². The zero-order valence-electron chi connectivity index (χ0n) is 15.2. The quantitative estimate of drug-likeness (QED) is 0.614. The van der Waals surface area contributed by atoms with E-state index in [0.717, 1.165) is 42.2 Å². The highest BCUT2D eigenvalue weighted by Gasteiger charge is 2.30. The number of carboxylic acid groups (broad SMARTS) is 1. The first-order valence-corrected chi connectivity index (χ1v) is 10.7. The minimum absolute atomic E-state index is 0.0237. The molecule has 0 radical (unpaired) electrons. The van der Waals surface area contributed by atoms with Gasteiger partial charge in [0.15, 0.2) is 0 Å². The molecule has 3 aromatic rings. The summed E-state index contributed by atoms with van der Waals surface area (Å²) in [5.41, 5.74) is 0.253. The van der Waals surface area contributed by atoms with Crippen molar-refractivity contribution in [3.63, 3.8) is 0 Å². The summed E-state index contributed by atoms with van der Waals surface area (Å²) in [5, 5.41) is 19.7. The SMILES string of the molecule is O=C(O)c1cn(C2CC2)c2c(Cl)c(-c3cc4c(s3)CCCC4O)c(F)cc2c1=O. The second kappa shape index (κ2) is 6.65. The van der Waals surface area contributed by atoms with Gasteiger partial charge in [0.05, 0.1) is 22.0 Å². The maximum atomic E-state index is 15.2. The molecule has 0 spiro atoms. The van der Waals surface area contributed by atoms with Gasteiger partial charge in [-0.15, -0.1) is 11.3 Å². The van der Waals surface area contributed by atoms with Gasteiger partial charge in [-0.05, 0) is 49.8 Å². The summed E-state index contributed by atoms with van der Waals surface area (Å²) in [5.74, 6) is -2.01. The molecule has 2 aliphatic rings. The zero-order valence-corrected chi connectivity index (χ0v) is 16.8. The fourth-order valence-electron chi connectivity index (χ4n) is 4.12. The number of aromatic carboxylic acids is 1. The number of benzene rings is 1. The molecule has 2 aliphatic carbocycles. The van der Waals surface area contributed by atoms with Crippen molar-refractivity contribution >= 4 is 39.8 Å². The van der Waals surface area contributed by atoms with Crippen LogP contribution in [0, 0.1) is 5.82 Å². The van der Waals surface area contributed by atoms with E-state index >= 15 is 4.39 Å². The predicted octanol–water partition coefficient (Wildman–Crippen LogP) is 4.93. The topological polar surface area (TPSA) is 79.5 Å². The number of pyridine rings is 1. The Balaban J connectivity index is 1.81. The van der Waals surface area contributed by atoms with Crippen LogP contribution in [0.15, 0.2) is 23.1 Å². The van der Waals surface area contributed by atoms with Crippen LogP contribution >= 0.6 is 22.9 Å². The van der Waals surface area contributed by atoms with Gasteiger partial charge in [0, 0.05) is 27.6 Å². The van der Waals surface area contributed by atoms with E-state index in [1.807, 2.05) is 0 Å². The fraction of sp³-hybridized carbons (Fsp3) is 0.333.